The van der Waals surface area contributed by atoms with E-state index in [1.807, 2.05) is 57.2 Å². The number of aromatic nitrogens is 1. The third-order valence-corrected chi connectivity index (χ3v) is 4.43. The Morgan fingerprint density at radius 2 is 1.93 bits per heavy atom. The molecule has 2 N–H and O–H groups in total. The largest absolute Gasteiger partial charge is 0.493 e. The zero-order chi connectivity index (χ0) is 21.7. The number of aryl methyl sites for hydroxylation is 1. The van der Waals surface area contributed by atoms with Crippen LogP contribution in [0.15, 0.2) is 58.8 Å². The molecule has 0 unspecified atom stereocenters. The first-order valence-corrected chi connectivity index (χ1v) is 9.59. The molecule has 0 aliphatic heterocycles. The Labute approximate surface area is 174 Å². The molecule has 8 nitrogen and oxygen atoms in total. The zero-order valence-electron chi connectivity index (χ0n) is 17.1. The van der Waals surface area contributed by atoms with Gasteiger partial charge in [-0.3, -0.25) is 9.59 Å². The van der Waals surface area contributed by atoms with Crippen LogP contribution in [0.4, 0.5) is 5.69 Å². The predicted octanol–water partition coefficient (Wildman–Crippen LogP) is 4.04. The molecule has 1 heterocycles. The Hall–Kier alpha value is -3.68. The van der Waals surface area contributed by atoms with Gasteiger partial charge >= 0.3 is 0 Å². The Balaban J connectivity index is 1.60. The van der Waals surface area contributed by atoms with Gasteiger partial charge in [0, 0.05) is 11.4 Å². The summed E-state index contributed by atoms with van der Waals surface area (Å²) >= 11 is 0. The fraction of sp³-hybridized carbons (Fsp3) is 0.273. The molecule has 2 amide bonds. The van der Waals surface area contributed by atoms with Crippen molar-refractivity contribution < 1.29 is 19.4 Å². The van der Waals surface area contributed by atoms with Crippen LogP contribution in [0.1, 0.15) is 25.5 Å². The molecule has 0 radical (unpaired) electrons. The van der Waals surface area contributed by atoms with Crippen LogP contribution in [-0.4, -0.2) is 34.6 Å². The minimum atomic E-state index is -0.639. The first kappa shape index (κ1) is 21.0. The molecule has 0 spiro atoms. The van der Waals surface area contributed by atoms with Gasteiger partial charge in [0.15, 0.2) is 12.3 Å². The number of para-hydroxylation sites is 1. The van der Waals surface area contributed by atoms with Gasteiger partial charge in [-0.25, -0.2) is 0 Å². The molecule has 8 heteroatoms. The van der Waals surface area contributed by atoms with Crippen LogP contribution in [0.2, 0.25) is 0 Å². The van der Waals surface area contributed by atoms with Gasteiger partial charge in [0.2, 0.25) is 5.88 Å². The van der Waals surface area contributed by atoms with Crippen molar-refractivity contribution >= 4 is 28.4 Å². The van der Waals surface area contributed by atoms with E-state index in [9.17, 15) is 14.7 Å². The number of rotatable bonds is 7. The highest BCUT2D eigenvalue weighted by atomic mass is 16.5. The Bertz CT molecular complexity index is 1100. The predicted molar refractivity (Wildman–Crippen MR) is 113 cm³/mol. The lowest BCUT2D eigenvalue weighted by Gasteiger charge is -2.10. The average molecular weight is 408 g/mol. The number of fused-ring (bicyclic) bond motifs is 1. The smallest absolute Gasteiger partial charge is 0.283 e. The third-order valence-electron chi connectivity index (χ3n) is 4.43. The minimum absolute atomic E-state index is 0.00208. The number of azo groups is 1. The maximum Gasteiger partial charge on any atom is 0.283 e. The highest BCUT2D eigenvalue weighted by molar-refractivity contribution is 5.95. The van der Waals surface area contributed by atoms with Crippen molar-refractivity contribution in [3.8, 4) is 11.6 Å². The number of carbonyl (C=O) groups is 2. The van der Waals surface area contributed by atoms with Gasteiger partial charge in [-0.15, -0.1) is 10.2 Å². The summed E-state index contributed by atoms with van der Waals surface area (Å²) in [6.07, 6.45) is 0. The van der Waals surface area contributed by atoms with Crippen molar-refractivity contribution in [1.82, 2.24) is 9.88 Å². The van der Waals surface area contributed by atoms with Crippen molar-refractivity contribution in [2.45, 2.75) is 26.8 Å². The van der Waals surface area contributed by atoms with E-state index in [1.54, 1.807) is 16.7 Å². The molecule has 156 valence electrons. The molecule has 0 aliphatic carbocycles. The van der Waals surface area contributed by atoms with E-state index >= 15 is 0 Å². The van der Waals surface area contributed by atoms with Gasteiger partial charge in [-0.1, -0.05) is 30.3 Å². The SMILES string of the molecule is Cc1cccc(OCC(=O)NCC(=O)N=Nc2c(O)n(C(C)C)c3ccccc23)c1. The molecule has 3 rings (SSSR count). The number of nitrogens with one attached hydrogen (secondary N) is 1. The monoisotopic (exact) mass is 408 g/mol. The molecule has 1 aromatic heterocycles. The molecule has 0 aliphatic rings. The maximum atomic E-state index is 12.0. The number of aromatic hydroxyl groups is 1. The molecule has 3 aromatic rings. The summed E-state index contributed by atoms with van der Waals surface area (Å²) in [7, 11) is 0. The normalized spacial score (nSPS) is 11.3. The zero-order valence-corrected chi connectivity index (χ0v) is 17.1. The number of carbonyl (C=O) groups excluding carboxylic acids is 2. The maximum absolute atomic E-state index is 12.0. The molecule has 0 fully saturated rings. The van der Waals surface area contributed by atoms with Crippen molar-refractivity contribution in [3.63, 3.8) is 0 Å². The van der Waals surface area contributed by atoms with Crippen LogP contribution < -0.4 is 10.1 Å². The van der Waals surface area contributed by atoms with Gasteiger partial charge < -0.3 is 19.7 Å². The van der Waals surface area contributed by atoms with E-state index in [2.05, 4.69) is 15.5 Å². The molecule has 0 atom stereocenters. The molecule has 30 heavy (non-hydrogen) atoms. The van der Waals surface area contributed by atoms with Crippen LogP contribution in [-0.2, 0) is 9.59 Å². The van der Waals surface area contributed by atoms with Gasteiger partial charge in [0.05, 0.1) is 5.52 Å². The first-order valence-electron chi connectivity index (χ1n) is 9.59. The molecule has 0 bridgehead atoms. The fourth-order valence-corrected chi connectivity index (χ4v) is 3.07. The van der Waals surface area contributed by atoms with Gasteiger partial charge in [0.25, 0.3) is 11.8 Å². The number of ether oxygens (including phenoxy) is 1. The van der Waals surface area contributed by atoms with Gasteiger partial charge in [0.1, 0.15) is 12.3 Å². The van der Waals surface area contributed by atoms with Crippen LogP contribution in [0.25, 0.3) is 10.9 Å². The van der Waals surface area contributed by atoms with E-state index in [0.717, 1.165) is 11.1 Å². The van der Waals surface area contributed by atoms with E-state index in [0.29, 0.717) is 11.1 Å². The average Bonchev–Trinajstić information content (AvgIpc) is 3.00. The molecular formula is C22H24N4O4. The fourth-order valence-electron chi connectivity index (χ4n) is 3.07. The lowest BCUT2D eigenvalue weighted by Crippen LogP contribution is -2.32. The highest BCUT2D eigenvalue weighted by Crippen LogP contribution is 2.40. The van der Waals surface area contributed by atoms with E-state index in [1.165, 1.54) is 0 Å². The lowest BCUT2D eigenvalue weighted by atomic mass is 10.2. The lowest BCUT2D eigenvalue weighted by molar-refractivity contribution is -0.126. The first-order chi connectivity index (χ1) is 14.4. The van der Waals surface area contributed by atoms with Crippen LogP contribution in [0.5, 0.6) is 11.6 Å². The summed E-state index contributed by atoms with van der Waals surface area (Å²) in [5.74, 6) is -0.564. The van der Waals surface area contributed by atoms with Crippen LogP contribution >= 0.6 is 0 Å². The second-order valence-corrected chi connectivity index (χ2v) is 7.13. The standard InChI is InChI=1S/C22H24N4O4/c1-14(2)26-18-10-5-4-9-17(18)21(22(26)29)25-24-19(27)12-23-20(28)13-30-16-8-6-7-15(3)11-16/h4-11,14,29H,12-13H2,1-3H3,(H,23,28). The Morgan fingerprint density at radius 1 is 1.17 bits per heavy atom. The quantitative estimate of drug-likeness (QED) is 0.576. The summed E-state index contributed by atoms with van der Waals surface area (Å²) in [6.45, 7) is 5.27. The number of benzene rings is 2. The molecule has 0 saturated heterocycles. The highest BCUT2D eigenvalue weighted by Gasteiger charge is 2.18. The summed E-state index contributed by atoms with van der Waals surface area (Å²) in [4.78, 5) is 23.9. The third kappa shape index (κ3) is 4.83. The molecule has 0 saturated carbocycles. The van der Waals surface area contributed by atoms with Crippen molar-refractivity contribution in [1.29, 1.82) is 0 Å². The second kappa shape index (κ2) is 9.21. The van der Waals surface area contributed by atoms with E-state index < -0.39 is 11.8 Å². The number of nitrogens with zero attached hydrogens (tertiary/aromatic N) is 3. The summed E-state index contributed by atoms with van der Waals surface area (Å²) < 4.78 is 7.11. The number of hydrogen-bond donors (Lipinski definition) is 2. The summed E-state index contributed by atoms with van der Waals surface area (Å²) in [5.41, 5.74) is 2.04. The van der Waals surface area contributed by atoms with Crippen molar-refractivity contribution in [2.75, 3.05) is 13.2 Å². The minimum Gasteiger partial charge on any atom is -0.493 e. The Kier molecular flexibility index (Phi) is 6.46. The molecular weight excluding hydrogens is 384 g/mol. The van der Waals surface area contributed by atoms with Gasteiger partial charge in [-0.2, -0.15) is 0 Å². The van der Waals surface area contributed by atoms with Crippen molar-refractivity contribution in [3.05, 3.63) is 54.1 Å². The summed E-state index contributed by atoms with van der Waals surface area (Å²) in [6, 6.07) is 14.7. The van der Waals surface area contributed by atoms with Crippen LogP contribution in [0, 0.1) is 6.92 Å². The second-order valence-electron chi connectivity index (χ2n) is 7.13. The topological polar surface area (TPSA) is 105 Å². The van der Waals surface area contributed by atoms with E-state index in [4.69, 9.17) is 4.74 Å². The Morgan fingerprint density at radius 3 is 2.67 bits per heavy atom. The van der Waals surface area contributed by atoms with Gasteiger partial charge in [-0.05, 0) is 44.5 Å². The van der Waals surface area contributed by atoms with E-state index in [-0.39, 0.29) is 30.8 Å². The summed E-state index contributed by atoms with van der Waals surface area (Å²) in [5, 5.41) is 21.2. The van der Waals surface area contributed by atoms with Crippen molar-refractivity contribution in [2.24, 2.45) is 10.2 Å². The molecule has 2 aromatic carbocycles. The number of hydrogen-bond acceptors (Lipinski definition) is 5. The number of amides is 2. The van der Waals surface area contributed by atoms with Crippen LogP contribution in [0.3, 0.4) is 0 Å².